The van der Waals surface area contributed by atoms with Crippen molar-refractivity contribution in [3.05, 3.63) is 22.8 Å². The van der Waals surface area contributed by atoms with Crippen molar-refractivity contribution in [3.63, 3.8) is 0 Å². The number of aromatic nitrogens is 3. The molecule has 3 nitrogen and oxygen atoms in total. The van der Waals surface area contributed by atoms with Gasteiger partial charge in [0.2, 0.25) is 0 Å². The topological polar surface area (TPSA) is 30.7 Å². The van der Waals surface area contributed by atoms with E-state index in [1.165, 1.54) is 0 Å². The van der Waals surface area contributed by atoms with Crippen molar-refractivity contribution < 1.29 is 13.2 Å². The fourth-order valence-electron chi connectivity index (χ4n) is 1.25. The highest BCUT2D eigenvalue weighted by Crippen LogP contribution is 2.26. The minimum absolute atomic E-state index is 0.0753. The maximum atomic E-state index is 12.1. The Morgan fingerprint density at radius 2 is 2.19 bits per heavy atom. The van der Waals surface area contributed by atoms with E-state index in [4.69, 9.17) is 0 Å². The first-order valence-corrected chi connectivity index (χ1v) is 5.32. The van der Waals surface area contributed by atoms with E-state index in [0.717, 1.165) is 16.9 Å². The molecule has 2 rings (SSSR count). The smallest absolute Gasteiger partial charge is 0.275 e. The van der Waals surface area contributed by atoms with Gasteiger partial charge in [-0.15, -0.1) is 11.3 Å². The molecule has 0 aliphatic heterocycles. The summed E-state index contributed by atoms with van der Waals surface area (Å²) in [4.78, 5) is 3.92. The van der Waals surface area contributed by atoms with Gasteiger partial charge in [-0.2, -0.15) is 18.3 Å². The summed E-state index contributed by atoms with van der Waals surface area (Å²) in [5.41, 5.74) is 1.27. The molecule has 86 valence electrons. The largest absolute Gasteiger partial charge is 0.395 e. The van der Waals surface area contributed by atoms with E-state index in [-0.39, 0.29) is 5.01 Å². The highest BCUT2D eigenvalue weighted by Gasteiger charge is 2.29. The zero-order chi connectivity index (χ0) is 11.8. The molecule has 0 bridgehead atoms. The van der Waals surface area contributed by atoms with Gasteiger partial charge in [0.25, 0.3) is 0 Å². The van der Waals surface area contributed by atoms with Crippen molar-refractivity contribution in [1.29, 1.82) is 0 Å². The number of aryl methyl sites for hydroxylation is 1. The average Bonchev–Trinajstić information content (AvgIpc) is 2.71. The average molecular weight is 247 g/mol. The zero-order valence-electron chi connectivity index (χ0n) is 8.32. The summed E-state index contributed by atoms with van der Waals surface area (Å²) < 4.78 is 37.9. The Labute approximate surface area is 93.5 Å². The van der Waals surface area contributed by atoms with Crippen molar-refractivity contribution in [3.8, 4) is 11.3 Å². The molecule has 2 heterocycles. The Morgan fingerprint density at radius 3 is 2.75 bits per heavy atom. The molecule has 0 atom stereocenters. The van der Waals surface area contributed by atoms with Gasteiger partial charge in [0, 0.05) is 24.2 Å². The lowest BCUT2D eigenvalue weighted by molar-refractivity contribution is -0.127. The van der Waals surface area contributed by atoms with Crippen molar-refractivity contribution in [2.45, 2.75) is 12.6 Å². The molecular weight excluding hydrogens is 239 g/mol. The molecule has 0 aromatic carbocycles. The summed E-state index contributed by atoms with van der Waals surface area (Å²) in [6.45, 7) is 0. The van der Waals surface area contributed by atoms with Gasteiger partial charge in [-0.3, -0.25) is 4.68 Å². The maximum absolute atomic E-state index is 12.1. The maximum Gasteiger partial charge on any atom is 0.395 e. The van der Waals surface area contributed by atoms with Crippen LogP contribution in [0.4, 0.5) is 13.2 Å². The van der Waals surface area contributed by atoms with Gasteiger partial charge in [-0.1, -0.05) is 0 Å². The summed E-state index contributed by atoms with van der Waals surface area (Å²) in [5, 5.41) is 5.62. The van der Waals surface area contributed by atoms with Crippen LogP contribution in [-0.4, -0.2) is 20.9 Å². The minimum Gasteiger partial charge on any atom is -0.275 e. The van der Waals surface area contributed by atoms with Crippen molar-refractivity contribution >= 4 is 11.3 Å². The Bertz CT molecular complexity index is 486. The standard InChI is InChI=1S/C9H8F3N3S/c1-15-4-6(3-13-15)7-5-16-8(14-7)2-9(10,11)12/h3-5H,2H2,1H3. The molecule has 0 amide bonds. The molecular formula is C9H8F3N3S. The van der Waals surface area contributed by atoms with Crippen LogP contribution in [0.2, 0.25) is 0 Å². The second kappa shape index (κ2) is 3.89. The van der Waals surface area contributed by atoms with Crippen LogP contribution in [0, 0.1) is 0 Å². The normalized spacial score (nSPS) is 12.0. The van der Waals surface area contributed by atoms with Crippen LogP contribution in [-0.2, 0) is 13.5 Å². The lowest BCUT2D eigenvalue weighted by Gasteiger charge is -2.01. The minimum atomic E-state index is -4.20. The van der Waals surface area contributed by atoms with Gasteiger partial charge >= 0.3 is 6.18 Å². The van der Waals surface area contributed by atoms with Gasteiger partial charge < -0.3 is 0 Å². The molecule has 0 aliphatic rings. The number of thiazole rings is 1. The molecule has 0 radical (unpaired) electrons. The first kappa shape index (κ1) is 11.1. The van der Waals surface area contributed by atoms with Crippen LogP contribution in [0.15, 0.2) is 17.8 Å². The number of hydrogen-bond acceptors (Lipinski definition) is 3. The fourth-order valence-corrected chi connectivity index (χ4v) is 2.08. The number of halogens is 3. The second-order valence-electron chi connectivity index (χ2n) is 3.32. The number of hydrogen-bond donors (Lipinski definition) is 0. The highest BCUT2D eigenvalue weighted by atomic mass is 32.1. The Morgan fingerprint density at radius 1 is 1.44 bits per heavy atom. The van der Waals surface area contributed by atoms with Crippen LogP contribution in [0.25, 0.3) is 11.3 Å². The molecule has 0 spiro atoms. The fraction of sp³-hybridized carbons (Fsp3) is 0.333. The van der Waals surface area contributed by atoms with Crippen LogP contribution < -0.4 is 0 Å². The van der Waals surface area contributed by atoms with E-state index in [2.05, 4.69) is 10.1 Å². The van der Waals surface area contributed by atoms with Gasteiger partial charge in [0.15, 0.2) is 0 Å². The van der Waals surface area contributed by atoms with Crippen LogP contribution in [0.3, 0.4) is 0 Å². The van der Waals surface area contributed by atoms with E-state index in [0.29, 0.717) is 5.69 Å². The van der Waals surface area contributed by atoms with Crippen molar-refractivity contribution in [2.24, 2.45) is 7.05 Å². The van der Waals surface area contributed by atoms with E-state index in [1.807, 2.05) is 0 Å². The first-order valence-electron chi connectivity index (χ1n) is 4.44. The third-order valence-corrected chi connectivity index (χ3v) is 2.75. The van der Waals surface area contributed by atoms with Gasteiger partial charge in [-0.25, -0.2) is 4.98 Å². The molecule has 2 aromatic rings. The Kier molecular flexibility index (Phi) is 2.71. The SMILES string of the molecule is Cn1cc(-c2csc(CC(F)(F)F)n2)cn1. The predicted octanol–water partition coefficient (Wildman–Crippen LogP) is 2.65. The Hall–Kier alpha value is -1.37. The van der Waals surface area contributed by atoms with Gasteiger partial charge in [0.1, 0.15) is 5.01 Å². The number of alkyl halides is 3. The lowest BCUT2D eigenvalue weighted by Crippen LogP contribution is -2.11. The first-order chi connectivity index (χ1) is 7.44. The van der Waals surface area contributed by atoms with E-state index in [9.17, 15) is 13.2 Å². The van der Waals surface area contributed by atoms with Crippen LogP contribution >= 0.6 is 11.3 Å². The van der Waals surface area contributed by atoms with E-state index < -0.39 is 12.6 Å². The third kappa shape index (κ3) is 2.60. The van der Waals surface area contributed by atoms with Gasteiger partial charge in [-0.05, 0) is 0 Å². The van der Waals surface area contributed by atoms with E-state index in [1.54, 1.807) is 29.5 Å². The summed E-state index contributed by atoms with van der Waals surface area (Å²) in [6.07, 6.45) is -1.89. The summed E-state index contributed by atoms with van der Waals surface area (Å²) in [5.74, 6) is 0. The van der Waals surface area contributed by atoms with Crippen molar-refractivity contribution in [2.75, 3.05) is 0 Å². The summed E-state index contributed by atoms with van der Waals surface area (Å²) >= 11 is 1.01. The van der Waals surface area contributed by atoms with Crippen molar-refractivity contribution in [1.82, 2.24) is 14.8 Å². The van der Waals surface area contributed by atoms with Crippen LogP contribution in [0.5, 0.6) is 0 Å². The molecule has 0 N–H and O–H groups in total. The summed E-state index contributed by atoms with van der Waals surface area (Å²) in [7, 11) is 1.74. The number of rotatable bonds is 2. The molecule has 16 heavy (non-hydrogen) atoms. The second-order valence-corrected chi connectivity index (χ2v) is 4.26. The van der Waals surface area contributed by atoms with Crippen LogP contribution in [0.1, 0.15) is 5.01 Å². The molecule has 0 unspecified atom stereocenters. The summed E-state index contributed by atoms with van der Waals surface area (Å²) in [6, 6.07) is 0. The Balaban J connectivity index is 2.20. The third-order valence-electron chi connectivity index (χ3n) is 1.90. The lowest BCUT2D eigenvalue weighted by atomic mass is 10.3. The predicted molar refractivity (Wildman–Crippen MR) is 54.1 cm³/mol. The highest BCUT2D eigenvalue weighted by molar-refractivity contribution is 7.09. The molecule has 0 saturated heterocycles. The quantitative estimate of drug-likeness (QED) is 0.816. The monoisotopic (exact) mass is 247 g/mol. The van der Waals surface area contributed by atoms with E-state index >= 15 is 0 Å². The molecule has 0 fully saturated rings. The zero-order valence-corrected chi connectivity index (χ0v) is 9.14. The molecule has 2 aromatic heterocycles. The molecule has 0 aliphatic carbocycles. The number of nitrogens with zero attached hydrogens (tertiary/aromatic N) is 3. The molecule has 7 heteroatoms. The van der Waals surface area contributed by atoms with Gasteiger partial charge in [0.05, 0.1) is 18.3 Å². The molecule has 0 saturated carbocycles.